The van der Waals surface area contributed by atoms with E-state index in [9.17, 15) is 9.59 Å². The fraction of sp³-hybridized carbons (Fsp3) is 0.650. The summed E-state index contributed by atoms with van der Waals surface area (Å²) in [5, 5.41) is 2.76. The molecule has 1 unspecified atom stereocenters. The molecule has 1 aromatic heterocycles. The first-order valence-electron chi connectivity index (χ1n) is 9.32. The third-order valence-corrected chi connectivity index (χ3v) is 4.87. The Bertz CT molecular complexity index is 688. The van der Waals surface area contributed by atoms with Crippen molar-refractivity contribution in [3.05, 3.63) is 23.4 Å². The molecule has 1 aromatic rings. The van der Waals surface area contributed by atoms with E-state index in [0.29, 0.717) is 24.3 Å². The second-order valence-corrected chi connectivity index (χ2v) is 8.42. The summed E-state index contributed by atoms with van der Waals surface area (Å²) in [4.78, 5) is 29.2. The number of methoxy groups -OCH3 is 1. The Balaban J connectivity index is 1.77. The maximum Gasteiger partial charge on any atom is 0.328 e. The van der Waals surface area contributed by atoms with Crippen LogP contribution in [-0.2, 0) is 9.53 Å². The normalized spacial score (nSPS) is 18.2. The van der Waals surface area contributed by atoms with Crippen LogP contribution < -0.4 is 10.1 Å². The highest BCUT2D eigenvalue weighted by atomic mass is 16.5. The van der Waals surface area contributed by atoms with Crippen LogP contribution in [0.1, 0.15) is 68.4 Å². The molecule has 0 saturated heterocycles. The lowest BCUT2D eigenvalue weighted by atomic mass is 9.86. The van der Waals surface area contributed by atoms with Gasteiger partial charge >= 0.3 is 5.97 Å². The summed E-state index contributed by atoms with van der Waals surface area (Å²) in [6.07, 6.45) is 4.68. The van der Waals surface area contributed by atoms with E-state index in [1.54, 1.807) is 6.07 Å². The van der Waals surface area contributed by atoms with Gasteiger partial charge in [0.15, 0.2) is 0 Å². The Morgan fingerprint density at radius 2 is 1.92 bits per heavy atom. The minimum Gasteiger partial charge on any atom is -0.477 e. The smallest absolute Gasteiger partial charge is 0.328 e. The van der Waals surface area contributed by atoms with Gasteiger partial charge in [0.1, 0.15) is 11.7 Å². The van der Waals surface area contributed by atoms with Crippen LogP contribution in [0.4, 0.5) is 0 Å². The number of pyridine rings is 1. The molecule has 0 radical (unpaired) electrons. The number of hydrogen-bond donors (Lipinski definition) is 1. The average Bonchev–Trinajstić information content (AvgIpc) is 3.48. The van der Waals surface area contributed by atoms with Crippen LogP contribution >= 0.6 is 0 Å². The highest BCUT2D eigenvalue weighted by Crippen LogP contribution is 2.44. The van der Waals surface area contributed by atoms with Gasteiger partial charge in [0, 0.05) is 5.56 Å². The molecule has 1 N–H and O–H groups in total. The van der Waals surface area contributed by atoms with E-state index in [-0.39, 0.29) is 5.69 Å². The van der Waals surface area contributed by atoms with Crippen LogP contribution in [0.3, 0.4) is 0 Å². The molecule has 0 bridgehead atoms. The van der Waals surface area contributed by atoms with Crippen molar-refractivity contribution in [2.75, 3.05) is 13.7 Å². The summed E-state index contributed by atoms with van der Waals surface area (Å²) >= 11 is 0. The van der Waals surface area contributed by atoms with E-state index >= 15 is 0 Å². The minimum atomic E-state index is -0.749. The van der Waals surface area contributed by atoms with Gasteiger partial charge in [-0.05, 0) is 49.0 Å². The van der Waals surface area contributed by atoms with Crippen molar-refractivity contribution in [2.24, 2.45) is 11.3 Å². The van der Waals surface area contributed by atoms with Crippen molar-refractivity contribution in [2.45, 2.75) is 58.4 Å². The molecule has 1 atom stereocenters. The van der Waals surface area contributed by atoms with Crippen molar-refractivity contribution >= 4 is 11.9 Å². The number of amides is 1. The van der Waals surface area contributed by atoms with Gasteiger partial charge in [0.25, 0.3) is 5.91 Å². The first kappa shape index (κ1) is 18.7. The van der Waals surface area contributed by atoms with Gasteiger partial charge in [0.05, 0.1) is 13.7 Å². The lowest BCUT2D eigenvalue weighted by Gasteiger charge is -2.28. The largest absolute Gasteiger partial charge is 0.477 e. The summed E-state index contributed by atoms with van der Waals surface area (Å²) in [5.74, 6) is 0.814. The van der Waals surface area contributed by atoms with Gasteiger partial charge < -0.3 is 14.8 Å². The van der Waals surface area contributed by atoms with E-state index in [1.807, 2.05) is 26.8 Å². The molecular weight excluding hydrogens is 332 g/mol. The number of hydrogen-bond acceptors (Lipinski definition) is 5. The number of nitrogens with one attached hydrogen (secondary N) is 1. The number of carbonyl (C=O) groups is 2. The number of carbonyl (C=O) groups excluding carboxylic acids is 2. The molecule has 0 aliphatic heterocycles. The number of ether oxygens (including phenoxy) is 2. The Labute approximate surface area is 154 Å². The Morgan fingerprint density at radius 1 is 1.23 bits per heavy atom. The van der Waals surface area contributed by atoms with E-state index in [4.69, 9.17) is 9.47 Å². The monoisotopic (exact) mass is 360 g/mol. The predicted molar refractivity (Wildman–Crippen MR) is 97.2 cm³/mol. The lowest BCUT2D eigenvalue weighted by molar-refractivity contribution is -0.145. The molecular formula is C20H28N2O4. The van der Waals surface area contributed by atoms with Crippen molar-refractivity contribution in [1.82, 2.24) is 10.3 Å². The summed E-state index contributed by atoms with van der Waals surface area (Å²) in [6.45, 7) is 6.29. The zero-order valence-electron chi connectivity index (χ0n) is 16.0. The standard InChI is InChI=1S/C20H28N2O4/c1-20(2,3)16(19(24)25-4)22-17(23)15-10-9-14(13-7-8-13)18(21-15)26-11-12-5-6-12/h9-10,12-13,16H,5-8,11H2,1-4H3,(H,22,23). The number of aromatic nitrogens is 1. The van der Waals surface area contributed by atoms with Gasteiger partial charge in [-0.2, -0.15) is 0 Å². The average molecular weight is 360 g/mol. The van der Waals surface area contributed by atoms with Crippen molar-refractivity contribution in [3.63, 3.8) is 0 Å². The van der Waals surface area contributed by atoms with Crippen LogP contribution in [-0.4, -0.2) is 36.6 Å². The van der Waals surface area contributed by atoms with E-state index in [1.165, 1.54) is 20.0 Å². The Kier molecular flexibility index (Phi) is 5.21. The quantitative estimate of drug-likeness (QED) is 0.756. The van der Waals surface area contributed by atoms with Gasteiger partial charge in [-0.1, -0.05) is 26.8 Å². The van der Waals surface area contributed by atoms with E-state index < -0.39 is 23.3 Å². The second kappa shape index (κ2) is 7.25. The number of nitrogens with zero attached hydrogens (tertiary/aromatic N) is 1. The molecule has 2 fully saturated rings. The summed E-state index contributed by atoms with van der Waals surface area (Å²) in [5.41, 5.74) is 0.878. The Morgan fingerprint density at radius 3 is 2.46 bits per heavy atom. The van der Waals surface area contributed by atoms with Crippen LogP contribution in [0.5, 0.6) is 5.88 Å². The lowest BCUT2D eigenvalue weighted by Crippen LogP contribution is -2.49. The van der Waals surface area contributed by atoms with Crippen LogP contribution in [0, 0.1) is 11.3 Å². The molecule has 6 heteroatoms. The zero-order valence-corrected chi connectivity index (χ0v) is 16.0. The molecule has 2 aliphatic carbocycles. The minimum absolute atomic E-state index is 0.262. The van der Waals surface area contributed by atoms with Crippen LogP contribution in [0.2, 0.25) is 0 Å². The highest BCUT2D eigenvalue weighted by molar-refractivity contribution is 5.95. The molecule has 1 amide bonds. The van der Waals surface area contributed by atoms with Crippen LogP contribution in [0.25, 0.3) is 0 Å². The Hall–Kier alpha value is -2.11. The molecule has 0 aromatic carbocycles. The molecule has 6 nitrogen and oxygen atoms in total. The number of rotatable bonds is 7. The van der Waals surface area contributed by atoms with Gasteiger partial charge in [0.2, 0.25) is 5.88 Å². The third kappa shape index (κ3) is 4.54. The number of esters is 1. The van der Waals surface area contributed by atoms with E-state index in [2.05, 4.69) is 10.3 Å². The summed E-state index contributed by atoms with van der Waals surface area (Å²) in [7, 11) is 1.32. The summed E-state index contributed by atoms with van der Waals surface area (Å²) in [6, 6.07) is 2.90. The van der Waals surface area contributed by atoms with Crippen molar-refractivity contribution < 1.29 is 19.1 Å². The van der Waals surface area contributed by atoms with Crippen LogP contribution in [0.15, 0.2) is 12.1 Å². The molecule has 0 spiro atoms. The molecule has 26 heavy (non-hydrogen) atoms. The van der Waals surface area contributed by atoms with Gasteiger partial charge in [-0.25, -0.2) is 9.78 Å². The fourth-order valence-electron chi connectivity index (χ4n) is 2.83. The first-order chi connectivity index (χ1) is 12.3. The third-order valence-electron chi connectivity index (χ3n) is 4.87. The predicted octanol–water partition coefficient (Wildman–Crippen LogP) is 3.07. The van der Waals surface area contributed by atoms with Gasteiger partial charge in [-0.15, -0.1) is 0 Å². The maximum absolute atomic E-state index is 12.7. The maximum atomic E-state index is 12.7. The summed E-state index contributed by atoms with van der Waals surface area (Å²) < 4.78 is 10.7. The zero-order chi connectivity index (χ0) is 18.9. The second-order valence-electron chi connectivity index (χ2n) is 8.42. The first-order valence-corrected chi connectivity index (χ1v) is 9.32. The topological polar surface area (TPSA) is 77.5 Å². The SMILES string of the molecule is COC(=O)C(NC(=O)c1ccc(C2CC2)c(OCC2CC2)n1)C(C)(C)C. The highest BCUT2D eigenvalue weighted by Gasteiger charge is 2.35. The van der Waals surface area contributed by atoms with Crippen molar-refractivity contribution in [1.29, 1.82) is 0 Å². The fourth-order valence-corrected chi connectivity index (χ4v) is 2.83. The molecule has 2 aliphatic rings. The van der Waals surface area contributed by atoms with Crippen molar-refractivity contribution in [3.8, 4) is 5.88 Å². The molecule has 3 rings (SSSR count). The molecule has 2 saturated carbocycles. The molecule has 1 heterocycles. The van der Waals surface area contributed by atoms with Gasteiger partial charge in [-0.3, -0.25) is 4.79 Å². The van der Waals surface area contributed by atoms with E-state index in [0.717, 1.165) is 18.4 Å². The molecule has 142 valence electrons.